The van der Waals surface area contributed by atoms with Gasteiger partial charge >= 0.3 is 0 Å². The van der Waals surface area contributed by atoms with E-state index in [0.29, 0.717) is 29.7 Å². The Kier molecular flexibility index (Phi) is 6.14. The molecule has 0 spiro atoms. The van der Waals surface area contributed by atoms with Crippen molar-refractivity contribution < 1.29 is 9.59 Å². The second kappa shape index (κ2) is 9.14. The summed E-state index contributed by atoms with van der Waals surface area (Å²) < 4.78 is 0. The van der Waals surface area contributed by atoms with Crippen molar-refractivity contribution in [3.8, 4) is 11.1 Å². The lowest BCUT2D eigenvalue weighted by Gasteiger charge is -2.14. The van der Waals surface area contributed by atoms with Crippen LogP contribution in [0.15, 0.2) is 66.7 Å². The number of benzene rings is 3. The summed E-state index contributed by atoms with van der Waals surface area (Å²) in [6.45, 7) is 1.76. The molecule has 0 heterocycles. The molecule has 2 N–H and O–H groups in total. The Bertz CT molecular complexity index is 1090. The largest absolute Gasteiger partial charge is 0.384 e. The van der Waals surface area contributed by atoms with E-state index < -0.39 is 0 Å². The summed E-state index contributed by atoms with van der Waals surface area (Å²) in [7, 11) is 4.06. The van der Waals surface area contributed by atoms with Gasteiger partial charge in [0.25, 0.3) is 5.91 Å². The third-order valence-electron chi connectivity index (χ3n) is 5.56. The van der Waals surface area contributed by atoms with Gasteiger partial charge in [-0.2, -0.15) is 0 Å². The number of rotatable bonds is 7. The first kappa shape index (κ1) is 20.8. The highest BCUT2D eigenvalue weighted by molar-refractivity contribution is 6.12. The number of carbonyl (C=O) groups excluding carboxylic acids is 2. The molecule has 0 aliphatic heterocycles. The normalized spacial score (nSPS) is 12.7. The molecule has 1 aliphatic carbocycles. The zero-order valence-electron chi connectivity index (χ0n) is 17.9. The summed E-state index contributed by atoms with van der Waals surface area (Å²) >= 11 is 0. The zero-order valence-corrected chi connectivity index (χ0v) is 17.9. The van der Waals surface area contributed by atoms with Gasteiger partial charge in [-0.1, -0.05) is 36.4 Å². The fraction of sp³-hybridized carbons (Fsp3) is 0.231. The zero-order chi connectivity index (χ0) is 21.8. The number of nitrogens with zero attached hydrogens (tertiary/aromatic N) is 1. The van der Waals surface area contributed by atoms with E-state index in [-0.39, 0.29) is 11.7 Å². The monoisotopic (exact) mass is 413 g/mol. The standard InChI is InChI=1S/C26H27N3O2/c1-29(2)17-16-27-20-10-8-19(9-11-20)26(31)28-23-14-12-21(18-6-4-3-5-7-18)22-13-15-24(30)25(22)23/h3-12,14,27H,13,15-17H2,1-2H3,(H,28,31). The Hall–Kier alpha value is -3.44. The predicted molar refractivity (Wildman–Crippen MR) is 126 cm³/mol. The first-order valence-electron chi connectivity index (χ1n) is 10.6. The number of nitrogens with one attached hydrogen (secondary N) is 2. The Labute approximate surface area is 183 Å². The summed E-state index contributed by atoms with van der Waals surface area (Å²) in [6, 6.07) is 21.3. The molecule has 4 rings (SSSR count). The maximum atomic E-state index is 12.8. The number of hydrogen-bond acceptors (Lipinski definition) is 4. The van der Waals surface area contributed by atoms with Crippen molar-refractivity contribution in [3.05, 3.63) is 83.4 Å². The molecule has 0 radical (unpaired) electrons. The van der Waals surface area contributed by atoms with Crippen molar-refractivity contribution in [3.63, 3.8) is 0 Å². The summed E-state index contributed by atoms with van der Waals surface area (Å²) in [6.07, 6.45) is 1.19. The summed E-state index contributed by atoms with van der Waals surface area (Å²) in [5.41, 5.74) is 5.95. The molecular formula is C26H27N3O2. The molecule has 0 saturated carbocycles. The highest BCUT2D eigenvalue weighted by Crippen LogP contribution is 2.37. The van der Waals surface area contributed by atoms with E-state index in [2.05, 4.69) is 15.5 Å². The van der Waals surface area contributed by atoms with Crippen LogP contribution in [-0.2, 0) is 6.42 Å². The van der Waals surface area contributed by atoms with Crippen LogP contribution in [0.5, 0.6) is 0 Å². The number of anilines is 2. The lowest BCUT2D eigenvalue weighted by Crippen LogP contribution is -2.20. The van der Waals surface area contributed by atoms with Crippen molar-refractivity contribution >= 4 is 23.1 Å². The van der Waals surface area contributed by atoms with E-state index in [0.717, 1.165) is 35.5 Å². The second-order valence-electron chi connectivity index (χ2n) is 8.06. The molecule has 3 aromatic rings. The lowest BCUT2D eigenvalue weighted by molar-refractivity contribution is 0.0995. The summed E-state index contributed by atoms with van der Waals surface area (Å²) in [5, 5.41) is 6.29. The van der Waals surface area contributed by atoms with E-state index in [1.165, 1.54) is 0 Å². The van der Waals surface area contributed by atoms with Crippen LogP contribution >= 0.6 is 0 Å². The van der Waals surface area contributed by atoms with Gasteiger partial charge < -0.3 is 15.5 Å². The predicted octanol–water partition coefficient (Wildman–Crippen LogP) is 4.71. The van der Waals surface area contributed by atoms with Crippen LogP contribution in [0.25, 0.3) is 11.1 Å². The highest BCUT2D eigenvalue weighted by Gasteiger charge is 2.27. The van der Waals surface area contributed by atoms with Crippen molar-refractivity contribution in [1.82, 2.24) is 4.90 Å². The minimum absolute atomic E-state index is 0.0866. The maximum Gasteiger partial charge on any atom is 0.255 e. The van der Waals surface area contributed by atoms with Crippen LogP contribution in [0.4, 0.5) is 11.4 Å². The summed E-state index contributed by atoms with van der Waals surface area (Å²) in [4.78, 5) is 27.6. The topological polar surface area (TPSA) is 61.4 Å². The van der Waals surface area contributed by atoms with Gasteiger partial charge in [-0.15, -0.1) is 0 Å². The molecule has 1 amide bonds. The number of hydrogen-bond donors (Lipinski definition) is 2. The van der Waals surface area contributed by atoms with Gasteiger partial charge in [0.1, 0.15) is 0 Å². The first-order chi connectivity index (χ1) is 15.0. The summed E-state index contributed by atoms with van der Waals surface area (Å²) in [5.74, 6) is -0.127. The molecule has 0 fully saturated rings. The van der Waals surface area contributed by atoms with Crippen molar-refractivity contribution in [1.29, 1.82) is 0 Å². The van der Waals surface area contributed by atoms with Crippen molar-refractivity contribution in [2.45, 2.75) is 12.8 Å². The second-order valence-corrected chi connectivity index (χ2v) is 8.06. The molecule has 0 atom stereocenters. The van der Waals surface area contributed by atoms with Gasteiger partial charge in [-0.05, 0) is 67.5 Å². The smallest absolute Gasteiger partial charge is 0.255 e. The fourth-order valence-corrected chi connectivity index (χ4v) is 3.94. The van der Waals surface area contributed by atoms with E-state index in [9.17, 15) is 9.59 Å². The highest BCUT2D eigenvalue weighted by atomic mass is 16.1. The third kappa shape index (κ3) is 4.67. The van der Waals surface area contributed by atoms with Gasteiger partial charge in [-0.3, -0.25) is 9.59 Å². The molecule has 0 aromatic heterocycles. The van der Waals surface area contributed by atoms with E-state index >= 15 is 0 Å². The third-order valence-corrected chi connectivity index (χ3v) is 5.56. The van der Waals surface area contributed by atoms with Crippen LogP contribution in [0.2, 0.25) is 0 Å². The molecule has 3 aromatic carbocycles. The minimum Gasteiger partial charge on any atom is -0.384 e. The fourth-order valence-electron chi connectivity index (χ4n) is 3.94. The quantitative estimate of drug-likeness (QED) is 0.589. The van der Waals surface area contributed by atoms with Crippen LogP contribution in [0, 0.1) is 0 Å². The van der Waals surface area contributed by atoms with Gasteiger partial charge in [0.2, 0.25) is 0 Å². The van der Waals surface area contributed by atoms with Crippen LogP contribution in [0.3, 0.4) is 0 Å². The van der Waals surface area contributed by atoms with Crippen LogP contribution < -0.4 is 10.6 Å². The molecule has 158 valence electrons. The van der Waals surface area contributed by atoms with Crippen molar-refractivity contribution in [2.75, 3.05) is 37.8 Å². The van der Waals surface area contributed by atoms with Gasteiger partial charge in [0.15, 0.2) is 5.78 Å². The van der Waals surface area contributed by atoms with E-state index in [1.807, 2.05) is 68.7 Å². The molecule has 1 aliphatic rings. The number of ketones is 1. The molecule has 0 saturated heterocycles. The minimum atomic E-state index is -0.214. The van der Waals surface area contributed by atoms with Crippen LogP contribution in [-0.4, -0.2) is 43.8 Å². The SMILES string of the molecule is CN(C)CCNc1ccc(C(=O)Nc2ccc(-c3ccccc3)c3c2C(=O)CC3)cc1. The molecular weight excluding hydrogens is 386 g/mol. The number of carbonyl (C=O) groups is 2. The van der Waals surface area contributed by atoms with E-state index in [1.54, 1.807) is 12.1 Å². The first-order valence-corrected chi connectivity index (χ1v) is 10.6. The average Bonchev–Trinajstić information content (AvgIpc) is 3.17. The number of likely N-dealkylation sites (N-methyl/N-ethyl adjacent to an activating group) is 1. The van der Waals surface area contributed by atoms with Gasteiger partial charge in [0, 0.05) is 36.3 Å². The van der Waals surface area contributed by atoms with Gasteiger partial charge in [-0.25, -0.2) is 0 Å². The Morgan fingerprint density at radius 1 is 0.935 bits per heavy atom. The average molecular weight is 414 g/mol. The van der Waals surface area contributed by atoms with E-state index in [4.69, 9.17) is 0 Å². The molecule has 31 heavy (non-hydrogen) atoms. The van der Waals surface area contributed by atoms with Crippen molar-refractivity contribution in [2.24, 2.45) is 0 Å². The molecule has 5 heteroatoms. The molecule has 0 bridgehead atoms. The number of amides is 1. The maximum absolute atomic E-state index is 12.8. The number of fused-ring (bicyclic) bond motifs is 1. The van der Waals surface area contributed by atoms with Gasteiger partial charge in [0.05, 0.1) is 5.69 Å². The Morgan fingerprint density at radius 2 is 1.68 bits per heavy atom. The molecule has 5 nitrogen and oxygen atoms in total. The Balaban J connectivity index is 1.52. The lowest BCUT2D eigenvalue weighted by atomic mass is 9.95. The molecule has 0 unspecified atom stereocenters. The van der Waals surface area contributed by atoms with Crippen LogP contribution in [0.1, 0.15) is 32.7 Å². The Morgan fingerprint density at radius 3 is 2.39 bits per heavy atom. The number of Topliss-reactive ketones (excluding diaryl/α,β-unsaturated/α-hetero) is 1.